The van der Waals surface area contributed by atoms with Crippen molar-refractivity contribution >= 4 is 65.2 Å². The van der Waals surface area contributed by atoms with Gasteiger partial charge < -0.3 is 8.83 Å². The second-order valence-electron chi connectivity index (χ2n) is 10.9. The van der Waals surface area contributed by atoms with Crippen LogP contribution in [0.3, 0.4) is 0 Å². The van der Waals surface area contributed by atoms with E-state index in [4.69, 9.17) is 21.2 Å². The molecule has 0 spiro atoms. The Morgan fingerprint density at radius 3 is 1.91 bits per heavy atom. The molecule has 214 valence electrons. The molecule has 0 saturated heterocycles. The molecule has 2 heteroatoms. The van der Waals surface area contributed by atoms with Crippen molar-refractivity contribution in [2.45, 2.75) is 0 Å². The first-order valence-electron chi connectivity index (χ1n) is 22.0. The Labute approximate surface area is 285 Å². The predicted molar refractivity (Wildman–Crippen MR) is 192 cm³/mol. The zero-order valence-electron chi connectivity index (χ0n) is 38.7. The van der Waals surface area contributed by atoms with Crippen LogP contribution < -0.4 is 0 Å². The van der Waals surface area contributed by atoms with E-state index in [9.17, 15) is 8.22 Å². The van der Waals surface area contributed by atoms with Gasteiger partial charge in [-0.1, -0.05) is 127 Å². The molecule has 0 aliphatic heterocycles. The fourth-order valence-corrected chi connectivity index (χ4v) is 6.40. The van der Waals surface area contributed by atoms with E-state index in [1.807, 2.05) is 36.4 Å². The van der Waals surface area contributed by atoms with E-state index in [1.165, 1.54) is 0 Å². The van der Waals surface area contributed by atoms with E-state index < -0.39 is 107 Å². The van der Waals surface area contributed by atoms with Gasteiger partial charge in [0.15, 0.2) is 0 Å². The Balaban J connectivity index is 1.45. The van der Waals surface area contributed by atoms with Gasteiger partial charge in [0.1, 0.15) is 22.5 Å². The number of rotatable bonds is 3. The number of fused-ring (bicyclic) bond motifs is 8. The normalized spacial score (nSPS) is 16.5. The summed E-state index contributed by atoms with van der Waals surface area (Å²) in [6, 6.07) is 9.67. The molecule has 0 aliphatic rings. The van der Waals surface area contributed by atoms with Crippen LogP contribution >= 0.6 is 0 Å². The van der Waals surface area contributed by atoms with Crippen molar-refractivity contribution in [1.82, 2.24) is 0 Å². The minimum Gasteiger partial charge on any atom is -0.456 e. The molecule has 0 N–H and O–H groups in total. The molecule has 2 heterocycles. The first-order valence-corrected chi connectivity index (χ1v) is 14.5. The Morgan fingerprint density at radius 1 is 0.457 bits per heavy atom. The predicted octanol–water partition coefficient (Wildman–Crippen LogP) is 12.8. The van der Waals surface area contributed by atoms with Crippen LogP contribution in [0.4, 0.5) is 0 Å². The molecule has 8 aromatic carbocycles. The van der Waals surface area contributed by atoms with Gasteiger partial charge in [0.2, 0.25) is 0 Å². The summed E-state index contributed by atoms with van der Waals surface area (Å²) < 4.78 is 147. The summed E-state index contributed by atoms with van der Waals surface area (Å²) in [5.41, 5.74) is 1.52. The average molecular weight is 602 g/mol. The summed E-state index contributed by atoms with van der Waals surface area (Å²) in [5.74, 6) is 0.589. The molecule has 10 rings (SSSR count). The summed E-state index contributed by atoms with van der Waals surface area (Å²) in [6.07, 6.45) is 0. The maximum atomic E-state index is 9.47. The highest BCUT2D eigenvalue weighted by molar-refractivity contribution is 6.27. The van der Waals surface area contributed by atoms with Crippen LogP contribution in [0.15, 0.2) is 166 Å². The monoisotopic (exact) mass is 601 g/mol. The molecule has 2 nitrogen and oxygen atoms in total. The molecule has 10 aromatic rings. The topological polar surface area (TPSA) is 26.3 Å². The van der Waals surface area contributed by atoms with Crippen LogP contribution in [-0.2, 0) is 0 Å². The molecular weight excluding hydrogens is 560 g/mol. The SMILES string of the molecule is [2H]c1c([2H])c([2H])c2c([2H])c(-c3c4c([2H])c([2H])c([2H])c([2H])c4c(-c4cccc5oc6c7cc(-c8ccccc8)oc7ccc6c45)c4c([2H])c([2H])c([2H])c([2H])c34)c([2H])c([2H])c2c1[2H]. The maximum Gasteiger partial charge on any atom is 0.146 e. The second kappa shape index (κ2) is 9.69. The fraction of sp³-hybridized carbons (Fsp3) is 0. The van der Waals surface area contributed by atoms with E-state index in [2.05, 4.69) is 0 Å². The minimum atomic E-state index is -0.750. The van der Waals surface area contributed by atoms with Crippen LogP contribution in [0.5, 0.6) is 0 Å². The van der Waals surface area contributed by atoms with Crippen LogP contribution in [-0.4, -0.2) is 0 Å². The molecule has 0 aliphatic carbocycles. The summed E-state index contributed by atoms with van der Waals surface area (Å²) in [6.45, 7) is 0. The molecular formula is C44H26O2. The molecule has 2 aromatic heterocycles. The Hall–Kier alpha value is -6.12. The third-order valence-corrected chi connectivity index (χ3v) is 8.36. The van der Waals surface area contributed by atoms with Crippen LogP contribution in [0, 0.1) is 0 Å². The number of hydrogen-bond acceptors (Lipinski definition) is 2. The van der Waals surface area contributed by atoms with Crippen LogP contribution in [0.2, 0.25) is 0 Å². The largest absolute Gasteiger partial charge is 0.456 e. The van der Waals surface area contributed by atoms with Crippen molar-refractivity contribution < 1.29 is 29.4 Å². The summed E-state index contributed by atoms with van der Waals surface area (Å²) in [5, 5.41) is -0.273. The van der Waals surface area contributed by atoms with Gasteiger partial charge in [-0.25, -0.2) is 0 Å². The number of furan rings is 2. The van der Waals surface area contributed by atoms with Crippen LogP contribution in [0.25, 0.3) is 98.8 Å². The molecule has 46 heavy (non-hydrogen) atoms. The minimum absolute atomic E-state index is 0.00909. The number of benzene rings is 8. The van der Waals surface area contributed by atoms with Crippen LogP contribution in [0.1, 0.15) is 20.6 Å². The summed E-state index contributed by atoms with van der Waals surface area (Å²) in [4.78, 5) is 0. The van der Waals surface area contributed by atoms with Crippen molar-refractivity contribution in [2.24, 2.45) is 0 Å². The summed E-state index contributed by atoms with van der Waals surface area (Å²) in [7, 11) is 0. The third-order valence-electron chi connectivity index (χ3n) is 8.36. The Morgan fingerprint density at radius 2 is 1.15 bits per heavy atom. The van der Waals surface area contributed by atoms with Crippen molar-refractivity contribution in [1.29, 1.82) is 0 Å². The molecule has 0 amide bonds. The Kier molecular flexibility index (Phi) is 3.11. The highest BCUT2D eigenvalue weighted by atomic mass is 16.3. The average Bonchev–Trinajstić information content (AvgIpc) is 3.88. The van der Waals surface area contributed by atoms with E-state index in [0.717, 1.165) is 5.56 Å². The first kappa shape index (κ1) is 14.8. The maximum absolute atomic E-state index is 9.47. The standard InChI is InChI=1S/C44H26O2/c1-2-12-28(13-3-1)40-26-37-38(45-40)24-23-36-43-35(19-10-20-39(43)46-44(36)37)42-33-17-8-6-15-31(33)41(32-16-7-9-18-34(32)42)30-22-21-27-11-4-5-14-29(27)25-30/h1-26H/i4D,5D,6D,7D,8D,9D,11D,14D,15D,16D,17D,18D,21D,22D,25D. The van der Waals surface area contributed by atoms with Gasteiger partial charge >= 0.3 is 0 Å². The van der Waals surface area contributed by atoms with Gasteiger partial charge in [-0.05, 0) is 84.9 Å². The quantitative estimate of drug-likeness (QED) is 0.188. The fourth-order valence-electron chi connectivity index (χ4n) is 6.40. The lowest BCUT2D eigenvalue weighted by Gasteiger charge is -2.18. The van der Waals surface area contributed by atoms with Gasteiger partial charge in [-0.3, -0.25) is 0 Å². The van der Waals surface area contributed by atoms with Gasteiger partial charge in [0.25, 0.3) is 0 Å². The Bertz CT molecular complexity index is 3570. The smallest absolute Gasteiger partial charge is 0.146 e. The molecule has 0 bridgehead atoms. The third kappa shape index (κ3) is 3.65. The molecule has 0 saturated carbocycles. The second-order valence-corrected chi connectivity index (χ2v) is 10.9. The van der Waals surface area contributed by atoms with E-state index in [1.54, 1.807) is 30.3 Å². The zero-order valence-corrected chi connectivity index (χ0v) is 23.7. The van der Waals surface area contributed by atoms with Gasteiger partial charge in [-0.15, -0.1) is 0 Å². The lowest BCUT2D eigenvalue weighted by molar-refractivity contribution is 0.631. The van der Waals surface area contributed by atoms with Gasteiger partial charge in [-0.2, -0.15) is 0 Å². The van der Waals surface area contributed by atoms with E-state index in [0.29, 0.717) is 38.7 Å². The molecule has 0 radical (unpaired) electrons. The van der Waals surface area contributed by atoms with Crippen molar-refractivity contribution in [3.05, 3.63) is 157 Å². The lowest BCUT2D eigenvalue weighted by atomic mass is 9.84. The van der Waals surface area contributed by atoms with E-state index in [-0.39, 0.29) is 38.2 Å². The molecule has 0 fully saturated rings. The van der Waals surface area contributed by atoms with Crippen molar-refractivity contribution in [3.8, 4) is 33.6 Å². The summed E-state index contributed by atoms with van der Waals surface area (Å²) >= 11 is 0. The first-order chi connectivity index (χ1) is 29.1. The van der Waals surface area contributed by atoms with Crippen molar-refractivity contribution in [2.75, 3.05) is 0 Å². The molecule has 0 unspecified atom stereocenters. The van der Waals surface area contributed by atoms with Crippen molar-refractivity contribution in [3.63, 3.8) is 0 Å². The molecule has 0 atom stereocenters. The van der Waals surface area contributed by atoms with E-state index >= 15 is 0 Å². The zero-order chi connectivity index (χ0) is 43.2. The highest BCUT2D eigenvalue weighted by Gasteiger charge is 2.21. The highest BCUT2D eigenvalue weighted by Crippen LogP contribution is 2.48. The lowest BCUT2D eigenvalue weighted by Crippen LogP contribution is -1.91. The van der Waals surface area contributed by atoms with Gasteiger partial charge in [0.05, 0.1) is 25.9 Å². The number of hydrogen-bond donors (Lipinski definition) is 0. The van der Waals surface area contributed by atoms with Gasteiger partial charge in [0, 0.05) is 16.3 Å².